The van der Waals surface area contributed by atoms with Crippen LogP contribution >= 0.6 is 0 Å². The van der Waals surface area contributed by atoms with Crippen LogP contribution in [-0.2, 0) is 13.1 Å². The molecule has 0 saturated heterocycles. The minimum Gasteiger partial charge on any atom is -0.382 e. The van der Waals surface area contributed by atoms with Gasteiger partial charge in [0, 0.05) is 18.2 Å². The van der Waals surface area contributed by atoms with Crippen molar-refractivity contribution in [2.75, 3.05) is 0 Å². The van der Waals surface area contributed by atoms with Crippen molar-refractivity contribution >= 4 is 5.91 Å². The summed E-state index contributed by atoms with van der Waals surface area (Å²) in [6.45, 7) is 0.161. The van der Waals surface area contributed by atoms with Crippen LogP contribution in [0.5, 0.6) is 0 Å². The molecule has 1 heterocycles. The summed E-state index contributed by atoms with van der Waals surface area (Å²) in [5, 5.41) is 4.87. The van der Waals surface area contributed by atoms with Gasteiger partial charge in [0.25, 0.3) is 11.5 Å². The molecule has 0 bridgehead atoms. The van der Waals surface area contributed by atoms with Gasteiger partial charge in [-0.3, -0.25) is 9.59 Å². The molecule has 0 aliphatic rings. The van der Waals surface area contributed by atoms with Crippen molar-refractivity contribution in [1.29, 1.82) is 0 Å². The number of nitrogens with two attached hydrogens (primary N) is 1. The van der Waals surface area contributed by atoms with Crippen molar-refractivity contribution in [3.8, 4) is 0 Å². The predicted molar refractivity (Wildman–Crippen MR) is 64.7 cm³/mol. The number of carbonyl (C=O) groups excluding carboxylic acids is 1. The third-order valence-corrected chi connectivity index (χ3v) is 2.62. The first-order valence-corrected chi connectivity index (χ1v) is 5.64. The van der Waals surface area contributed by atoms with Gasteiger partial charge in [0.15, 0.2) is 17.4 Å². The van der Waals surface area contributed by atoms with Gasteiger partial charge in [0.1, 0.15) is 0 Å². The molecule has 2 aromatic rings. The van der Waals surface area contributed by atoms with Gasteiger partial charge < -0.3 is 15.6 Å². The van der Waals surface area contributed by atoms with Crippen LogP contribution < -0.4 is 16.6 Å². The SMILES string of the molecule is NC(=O)c1ccc(CNCc2cc(=O)[nH]o2)c(F)c1F. The number of carbonyl (C=O) groups is 1. The molecule has 0 atom stereocenters. The number of benzene rings is 1. The van der Waals surface area contributed by atoms with E-state index in [1.807, 2.05) is 0 Å². The Hall–Kier alpha value is -2.48. The number of H-pyrrole nitrogens is 1. The highest BCUT2D eigenvalue weighted by Gasteiger charge is 2.16. The van der Waals surface area contributed by atoms with Gasteiger partial charge in [-0.05, 0) is 6.07 Å². The van der Waals surface area contributed by atoms with Crippen LogP contribution in [0.4, 0.5) is 8.78 Å². The minimum absolute atomic E-state index is 0.00329. The van der Waals surface area contributed by atoms with Crippen LogP contribution in [0.1, 0.15) is 21.7 Å². The lowest BCUT2D eigenvalue weighted by Crippen LogP contribution is -2.17. The third kappa shape index (κ3) is 2.91. The molecular weight excluding hydrogens is 272 g/mol. The summed E-state index contributed by atoms with van der Waals surface area (Å²) < 4.78 is 31.9. The van der Waals surface area contributed by atoms with Crippen LogP contribution in [0.2, 0.25) is 0 Å². The van der Waals surface area contributed by atoms with Crippen molar-refractivity contribution in [2.24, 2.45) is 5.73 Å². The van der Waals surface area contributed by atoms with Crippen LogP contribution in [0.3, 0.4) is 0 Å². The first-order chi connectivity index (χ1) is 9.49. The number of hydrogen-bond donors (Lipinski definition) is 3. The predicted octanol–water partition coefficient (Wildman–Crippen LogP) is 0.635. The fourth-order valence-electron chi connectivity index (χ4n) is 1.64. The quantitative estimate of drug-likeness (QED) is 0.749. The summed E-state index contributed by atoms with van der Waals surface area (Å²) in [7, 11) is 0. The van der Waals surface area contributed by atoms with E-state index in [0.29, 0.717) is 5.76 Å². The zero-order valence-electron chi connectivity index (χ0n) is 10.2. The average molecular weight is 283 g/mol. The molecule has 4 N–H and O–H groups in total. The van der Waals surface area contributed by atoms with Crippen molar-refractivity contribution in [2.45, 2.75) is 13.1 Å². The Kier molecular flexibility index (Phi) is 3.94. The molecule has 1 amide bonds. The van der Waals surface area contributed by atoms with E-state index in [9.17, 15) is 18.4 Å². The molecule has 0 spiro atoms. The van der Waals surface area contributed by atoms with E-state index < -0.39 is 23.1 Å². The summed E-state index contributed by atoms with van der Waals surface area (Å²) in [6, 6.07) is 3.62. The van der Waals surface area contributed by atoms with Gasteiger partial charge in [0.2, 0.25) is 0 Å². The lowest BCUT2D eigenvalue weighted by Gasteiger charge is -2.07. The number of primary amides is 1. The third-order valence-electron chi connectivity index (χ3n) is 2.62. The van der Waals surface area contributed by atoms with E-state index in [0.717, 1.165) is 6.07 Å². The molecule has 0 aliphatic heterocycles. The van der Waals surface area contributed by atoms with Crippen LogP contribution in [-0.4, -0.2) is 11.1 Å². The fourth-order valence-corrected chi connectivity index (χ4v) is 1.64. The van der Waals surface area contributed by atoms with Gasteiger partial charge in [-0.1, -0.05) is 6.07 Å². The molecule has 6 nitrogen and oxygen atoms in total. The van der Waals surface area contributed by atoms with E-state index in [1.165, 1.54) is 12.1 Å². The van der Waals surface area contributed by atoms with Gasteiger partial charge in [-0.25, -0.2) is 8.78 Å². The fraction of sp³-hybridized carbons (Fsp3) is 0.167. The maximum Gasteiger partial charge on any atom is 0.280 e. The van der Waals surface area contributed by atoms with Crippen molar-refractivity contribution in [3.05, 3.63) is 57.1 Å². The van der Waals surface area contributed by atoms with Gasteiger partial charge in [-0.2, -0.15) is 5.16 Å². The van der Waals surface area contributed by atoms with Crippen molar-refractivity contribution in [1.82, 2.24) is 10.5 Å². The number of aromatic nitrogens is 1. The number of hydrogen-bond acceptors (Lipinski definition) is 4. The zero-order valence-corrected chi connectivity index (χ0v) is 10.2. The Morgan fingerprint density at radius 2 is 2.05 bits per heavy atom. The Morgan fingerprint density at radius 3 is 2.65 bits per heavy atom. The van der Waals surface area contributed by atoms with Crippen LogP contribution in [0, 0.1) is 11.6 Å². The summed E-state index contributed by atoms with van der Waals surface area (Å²) in [5.41, 5.74) is 4.06. The normalized spacial score (nSPS) is 10.7. The molecule has 8 heteroatoms. The maximum atomic E-state index is 13.7. The average Bonchev–Trinajstić information content (AvgIpc) is 2.80. The number of amides is 1. The zero-order chi connectivity index (χ0) is 14.7. The molecular formula is C12H11F2N3O3. The van der Waals surface area contributed by atoms with E-state index in [2.05, 4.69) is 10.5 Å². The lowest BCUT2D eigenvalue weighted by atomic mass is 10.1. The summed E-state index contributed by atoms with van der Waals surface area (Å²) in [4.78, 5) is 21.6. The summed E-state index contributed by atoms with van der Waals surface area (Å²) in [5.74, 6) is -3.10. The molecule has 0 aliphatic carbocycles. The van der Waals surface area contributed by atoms with Crippen LogP contribution in [0.25, 0.3) is 0 Å². The molecule has 0 unspecified atom stereocenters. The second kappa shape index (κ2) is 5.66. The summed E-state index contributed by atoms with van der Waals surface area (Å²) >= 11 is 0. The number of nitrogens with one attached hydrogen (secondary N) is 2. The monoisotopic (exact) mass is 283 g/mol. The minimum atomic E-state index is -1.27. The van der Waals surface area contributed by atoms with Gasteiger partial charge >= 0.3 is 0 Å². The van der Waals surface area contributed by atoms with E-state index in [4.69, 9.17) is 10.3 Å². The lowest BCUT2D eigenvalue weighted by molar-refractivity contribution is 0.0995. The Balaban J connectivity index is 2.05. The van der Waals surface area contributed by atoms with E-state index >= 15 is 0 Å². The Bertz CT molecular complexity index is 693. The molecule has 20 heavy (non-hydrogen) atoms. The van der Waals surface area contributed by atoms with E-state index in [1.54, 1.807) is 0 Å². The maximum absolute atomic E-state index is 13.7. The highest BCUT2D eigenvalue weighted by atomic mass is 19.2. The molecule has 2 rings (SSSR count). The van der Waals surface area contributed by atoms with Crippen molar-refractivity contribution in [3.63, 3.8) is 0 Å². The van der Waals surface area contributed by atoms with Crippen LogP contribution in [0.15, 0.2) is 27.5 Å². The number of aromatic amines is 1. The summed E-state index contributed by atoms with van der Waals surface area (Å²) in [6.07, 6.45) is 0. The first-order valence-electron chi connectivity index (χ1n) is 5.64. The van der Waals surface area contributed by atoms with Gasteiger partial charge in [-0.15, -0.1) is 0 Å². The number of halogens is 2. The van der Waals surface area contributed by atoms with E-state index in [-0.39, 0.29) is 24.2 Å². The topological polar surface area (TPSA) is 101 Å². The molecule has 1 aromatic heterocycles. The smallest absolute Gasteiger partial charge is 0.280 e. The molecule has 0 radical (unpaired) electrons. The highest BCUT2D eigenvalue weighted by molar-refractivity contribution is 5.93. The first kappa shape index (κ1) is 13.9. The molecule has 0 fully saturated rings. The Morgan fingerprint density at radius 1 is 1.30 bits per heavy atom. The second-order valence-electron chi connectivity index (χ2n) is 4.05. The molecule has 106 valence electrons. The standard InChI is InChI=1S/C12H11F2N3O3/c13-10-6(1-2-8(11(10)14)12(15)19)4-16-5-7-3-9(18)17-20-7/h1-3,16H,4-5H2,(H2,15,19)(H,17,18). The second-order valence-corrected chi connectivity index (χ2v) is 4.05. The largest absolute Gasteiger partial charge is 0.382 e. The number of rotatable bonds is 5. The molecule has 0 saturated carbocycles. The van der Waals surface area contributed by atoms with Gasteiger partial charge in [0.05, 0.1) is 12.1 Å². The Labute approximate surface area is 111 Å². The highest BCUT2D eigenvalue weighted by Crippen LogP contribution is 2.16. The molecule has 1 aromatic carbocycles. The van der Waals surface area contributed by atoms with Crippen molar-refractivity contribution < 1.29 is 18.1 Å².